The lowest BCUT2D eigenvalue weighted by Gasteiger charge is -2.30. The second kappa shape index (κ2) is 10.8. The molecule has 2 aromatic heterocycles. The van der Waals surface area contributed by atoms with Crippen molar-refractivity contribution in [3.63, 3.8) is 0 Å². The highest BCUT2D eigenvalue weighted by Gasteiger charge is 2.33. The predicted octanol–water partition coefficient (Wildman–Crippen LogP) is 3.12. The van der Waals surface area contributed by atoms with Crippen molar-refractivity contribution < 1.29 is 33.1 Å². The van der Waals surface area contributed by atoms with Crippen molar-refractivity contribution in [2.75, 3.05) is 24.7 Å². The number of para-hydroxylation sites is 1. The molecule has 0 aliphatic carbocycles. The number of nitrogens with one attached hydrogen (secondary N) is 2. The van der Waals surface area contributed by atoms with Gasteiger partial charge < -0.3 is 19.7 Å². The number of carbonyl (C=O) groups is 3. The van der Waals surface area contributed by atoms with Gasteiger partial charge in [-0.15, -0.1) is 11.3 Å². The van der Waals surface area contributed by atoms with Gasteiger partial charge in [0.05, 0.1) is 25.0 Å². The van der Waals surface area contributed by atoms with E-state index >= 15 is 0 Å². The number of aromatic nitrogens is 2. The fourth-order valence-corrected chi connectivity index (χ4v) is 5.76. The molecule has 1 aliphatic heterocycles. The van der Waals surface area contributed by atoms with Gasteiger partial charge in [0.15, 0.2) is 0 Å². The third-order valence-electron chi connectivity index (χ3n) is 5.31. The van der Waals surface area contributed by atoms with Gasteiger partial charge in [-0.25, -0.2) is 14.4 Å². The lowest BCUT2D eigenvalue weighted by Crippen LogP contribution is -2.39. The van der Waals surface area contributed by atoms with Gasteiger partial charge in [-0.2, -0.15) is 0 Å². The van der Waals surface area contributed by atoms with E-state index in [2.05, 4.69) is 10.6 Å². The molecule has 3 aromatic rings. The van der Waals surface area contributed by atoms with Gasteiger partial charge in [0.25, 0.3) is 0 Å². The van der Waals surface area contributed by atoms with Crippen molar-refractivity contribution >= 4 is 46.1 Å². The fourth-order valence-electron chi connectivity index (χ4n) is 3.72. The molecule has 0 fully saturated rings. The molecule has 37 heavy (non-hydrogen) atoms. The number of hydrogen-bond donors (Lipinski definition) is 2. The van der Waals surface area contributed by atoms with Crippen LogP contribution in [0.4, 0.5) is 9.80 Å². The Bertz CT molecular complexity index is 1370. The van der Waals surface area contributed by atoms with Crippen molar-refractivity contribution in [3.8, 4) is 5.69 Å². The number of aromatic amines is 1. The van der Waals surface area contributed by atoms with E-state index in [4.69, 9.17) is 14.0 Å². The Morgan fingerprint density at radius 2 is 1.97 bits per heavy atom. The van der Waals surface area contributed by atoms with Crippen LogP contribution in [-0.2, 0) is 27.2 Å². The van der Waals surface area contributed by atoms with Crippen LogP contribution in [0.3, 0.4) is 0 Å². The molecule has 3 heterocycles. The summed E-state index contributed by atoms with van der Waals surface area (Å²) in [5, 5.41) is 5.85. The van der Waals surface area contributed by atoms with Crippen molar-refractivity contribution in [2.45, 2.75) is 44.4 Å². The van der Waals surface area contributed by atoms with Crippen LogP contribution in [0.1, 0.15) is 41.6 Å². The molecular weight excluding hydrogens is 520 g/mol. The number of thiophene rings is 1. The number of carbonyl (C=O) groups excluding carboxylic acids is 3. The quantitative estimate of drug-likeness (QED) is 0.273. The van der Waals surface area contributed by atoms with Gasteiger partial charge in [-0.1, -0.05) is 18.2 Å². The Morgan fingerprint density at radius 1 is 1.24 bits per heavy atom. The minimum Gasteiger partial charge on any atom is -0.465 e. The van der Waals surface area contributed by atoms with Crippen LogP contribution >= 0.6 is 23.1 Å². The summed E-state index contributed by atoms with van der Waals surface area (Å²) in [5.41, 5.74) is 0.462. The van der Waals surface area contributed by atoms with E-state index in [-0.39, 0.29) is 22.9 Å². The molecule has 0 saturated heterocycles. The molecule has 11 nitrogen and oxygen atoms in total. The Balaban J connectivity index is 1.50. The third-order valence-corrected chi connectivity index (χ3v) is 7.47. The first-order chi connectivity index (χ1) is 17.6. The van der Waals surface area contributed by atoms with Crippen LogP contribution in [0.2, 0.25) is 0 Å². The lowest BCUT2D eigenvalue weighted by atomic mass is 10.0. The molecule has 4 rings (SSSR count). The standard InChI is InChI=1S/C24H26N4O7S2/c1-24(2,3)34-23(32)27-11-10-15-16(12-27)37-19(18(15)21(30)33-4)25-17(29)13-36-20-22(31)35-26-28(20)14-8-6-5-7-9-14/h5-9H,10-13H2,1-4H3,(H-,25,26,29,30,31)/p+1. The average Bonchev–Trinajstić information content (AvgIpc) is 3.40. The molecule has 1 aliphatic rings. The molecule has 13 heteroatoms. The topological polar surface area (TPSA) is 135 Å². The molecule has 0 saturated carbocycles. The number of hydrogen-bond acceptors (Lipinski definition) is 9. The van der Waals surface area contributed by atoms with Gasteiger partial charge in [0.1, 0.15) is 10.6 Å². The average molecular weight is 548 g/mol. The summed E-state index contributed by atoms with van der Waals surface area (Å²) >= 11 is 2.22. The van der Waals surface area contributed by atoms with E-state index in [1.807, 2.05) is 18.2 Å². The Morgan fingerprint density at radius 3 is 2.65 bits per heavy atom. The number of H-pyrrole nitrogens is 1. The number of fused-ring (bicyclic) bond motifs is 1. The minimum absolute atomic E-state index is 0.108. The molecule has 0 spiro atoms. The molecule has 0 atom stereocenters. The Kier molecular flexibility index (Phi) is 7.73. The molecular formula is C24H27N4O7S2+. The summed E-state index contributed by atoms with van der Waals surface area (Å²) in [5.74, 6) is -1.10. The maximum absolute atomic E-state index is 12.9. The van der Waals surface area contributed by atoms with E-state index in [1.54, 1.807) is 37.8 Å². The fraction of sp³-hybridized carbons (Fsp3) is 0.375. The van der Waals surface area contributed by atoms with E-state index in [1.165, 1.54) is 23.1 Å². The highest BCUT2D eigenvalue weighted by molar-refractivity contribution is 7.99. The number of amides is 2. The van der Waals surface area contributed by atoms with Crippen LogP contribution in [0.5, 0.6) is 0 Å². The van der Waals surface area contributed by atoms with Gasteiger partial charge in [0, 0.05) is 23.6 Å². The smallest absolute Gasteiger partial charge is 0.442 e. The van der Waals surface area contributed by atoms with Crippen LogP contribution in [0.25, 0.3) is 5.69 Å². The molecule has 0 bridgehead atoms. The maximum Gasteiger partial charge on any atom is 0.442 e. The number of thioether (sulfide) groups is 1. The number of ether oxygens (including phenoxy) is 2. The summed E-state index contributed by atoms with van der Waals surface area (Å²) in [7, 11) is 1.27. The number of nitrogens with zero attached hydrogens (tertiary/aromatic N) is 2. The number of rotatable bonds is 6. The molecule has 2 amide bonds. The first-order valence-corrected chi connectivity index (χ1v) is 13.2. The number of esters is 1. The maximum atomic E-state index is 12.9. The monoisotopic (exact) mass is 547 g/mol. The van der Waals surface area contributed by atoms with Crippen LogP contribution in [0, 0.1) is 0 Å². The van der Waals surface area contributed by atoms with Crippen LogP contribution in [-0.4, -0.2) is 53.1 Å². The van der Waals surface area contributed by atoms with E-state index < -0.39 is 29.2 Å². The third kappa shape index (κ3) is 6.05. The van der Waals surface area contributed by atoms with Gasteiger partial charge in [0.2, 0.25) is 11.6 Å². The zero-order valence-electron chi connectivity index (χ0n) is 20.8. The predicted molar refractivity (Wildman–Crippen MR) is 136 cm³/mol. The highest BCUT2D eigenvalue weighted by Crippen LogP contribution is 2.38. The Hall–Kier alpha value is -3.58. The second-order valence-electron chi connectivity index (χ2n) is 9.15. The largest absolute Gasteiger partial charge is 0.465 e. The zero-order chi connectivity index (χ0) is 26.7. The zero-order valence-corrected chi connectivity index (χ0v) is 22.4. The minimum atomic E-state index is -0.629. The summed E-state index contributed by atoms with van der Waals surface area (Å²) < 4.78 is 16.8. The van der Waals surface area contributed by atoms with Gasteiger partial charge in [-0.05, 0) is 54.5 Å². The summed E-state index contributed by atoms with van der Waals surface area (Å²) in [6.07, 6.45) is -0.0214. The molecule has 196 valence electrons. The number of methoxy groups -OCH3 is 1. The molecule has 1 aromatic carbocycles. The summed E-state index contributed by atoms with van der Waals surface area (Å²) in [4.78, 5) is 52.5. The van der Waals surface area contributed by atoms with E-state index in [0.29, 0.717) is 23.7 Å². The Labute approximate surface area is 220 Å². The van der Waals surface area contributed by atoms with Gasteiger partial charge >= 0.3 is 22.7 Å². The lowest BCUT2D eigenvalue weighted by molar-refractivity contribution is -0.704. The van der Waals surface area contributed by atoms with Crippen molar-refractivity contribution in [1.82, 2.24) is 10.2 Å². The summed E-state index contributed by atoms with van der Waals surface area (Å²) in [6, 6.07) is 9.04. The second-order valence-corrected chi connectivity index (χ2v) is 11.2. The van der Waals surface area contributed by atoms with E-state index in [0.717, 1.165) is 22.2 Å². The van der Waals surface area contributed by atoms with Crippen LogP contribution in [0.15, 0.2) is 44.7 Å². The van der Waals surface area contributed by atoms with Gasteiger partial charge in [-0.3, -0.25) is 9.32 Å². The SMILES string of the molecule is COC(=O)c1c(NC(=O)CSc2c(=O)o[nH][n+]2-c2ccccc2)sc2c1CCN(C(=O)OC(C)(C)C)C2. The first kappa shape index (κ1) is 26.5. The van der Waals surface area contributed by atoms with Crippen molar-refractivity contribution in [1.29, 1.82) is 0 Å². The van der Waals surface area contributed by atoms with Crippen molar-refractivity contribution in [2.24, 2.45) is 0 Å². The first-order valence-electron chi connectivity index (χ1n) is 11.4. The normalized spacial score (nSPS) is 13.1. The van der Waals surface area contributed by atoms with E-state index in [9.17, 15) is 19.2 Å². The van der Waals surface area contributed by atoms with Crippen LogP contribution < -0.4 is 15.6 Å². The molecule has 0 unspecified atom stereocenters. The van der Waals surface area contributed by atoms with Crippen molar-refractivity contribution in [3.05, 3.63) is 56.8 Å². The number of benzene rings is 1. The summed E-state index contributed by atoms with van der Waals surface area (Å²) in [6.45, 7) is 6.01. The molecule has 2 N–H and O–H groups in total. The highest BCUT2D eigenvalue weighted by atomic mass is 32.2. The number of anilines is 1. The molecule has 0 radical (unpaired) electrons.